The fraction of sp³-hybridized carbons (Fsp3) is 0.222. The summed E-state index contributed by atoms with van der Waals surface area (Å²) in [5, 5.41) is 3.27. The summed E-state index contributed by atoms with van der Waals surface area (Å²) in [6.07, 6.45) is 1.60. The van der Waals surface area contributed by atoms with Gasteiger partial charge in [-0.05, 0) is 43.3 Å². The van der Waals surface area contributed by atoms with E-state index in [0.717, 1.165) is 0 Å². The highest BCUT2D eigenvalue weighted by Crippen LogP contribution is 2.11. The molecule has 7 heteroatoms. The summed E-state index contributed by atoms with van der Waals surface area (Å²) < 4.78 is 6.61. The van der Waals surface area contributed by atoms with Crippen LogP contribution in [0.15, 0.2) is 47.4 Å². The molecular formula is C18H18N4O3. The number of methoxy groups -OCH3 is 1. The first-order valence-electron chi connectivity index (χ1n) is 7.84. The normalized spacial score (nSPS) is 10.6. The molecule has 0 unspecified atom stereocenters. The van der Waals surface area contributed by atoms with E-state index < -0.39 is 0 Å². The van der Waals surface area contributed by atoms with Crippen LogP contribution in [0.1, 0.15) is 16.2 Å². The number of carbonyl (C=O) groups is 1. The minimum atomic E-state index is -0.205. The van der Waals surface area contributed by atoms with Crippen LogP contribution in [0.25, 0.3) is 11.0 Å². The Hall–Kier alpha value is -3.22. The van der Waals surface area contributed by atoms with Gasteiger partial charge < -0.3 is 10.1 Å². The van der Waals surface area contributed by atoms with Crippen LogP contribution in [0.3, 0.4) is 0 Å². The molecule has 3 aromatic rings. The average molecular weight is 338 g/mol. The van der Waals surface area contributed by atoms with Crippen molar-refractivity contribution >= 4 is 16.9 Å². The van der Waals surface area contributed by atoms with Crippen molar-refractivity contribution in [3.63, 3.8) is 0 Å². The molecule has 0 atom stereocenters. The molecule has 3 rings (SSSR count). The molecule has 7 nitrogen and oxygen atoms in total. The van der Waals surface area contributed by atoms with Crippen molar-refractivity contribution in [3.05, 3.63) is 64.3 Å². The quantitative estimate of drug-likeness (QED) is 0.762. The van der Waals surface area contributed by atoms with Crippen molar-refractivity contribution in [2.75, 3.05) is 13.7 Å². The van der Waals surface area contributed by atoms with Crippen molar-refractivity contribution < 1.29 is 9.53 Å². The largest absolute Gasteiger partial charge is 0.497 e. The van der Waals surface area contributed by atoms with E-state index in [9.17, 15) is 9.59 Å². The van der Waals surface area contributed by atoms with Crippen LogP contribution in [-0.4, -0.2) is 34.1 Å². The van der Waals surface area contributed by atoms with Gasteiger partial charge in [-0.2, -0.15) is 0 Å². The molecule has 0 bridgehead atoms. The topological polar surface area (TPSA) is 86.1 Å². The second-order valence-corrected chi connectivity index (χ2v) is 5.47. The van der Waals surface area contributed by atoms with Crippen molar-refractivity contribution in [2.45, 2.75) is 13.5 Å². The number of rotatable bonds is 5. The minimum Gasteiger partial charge on any atom is -0.497 e. The summed E-state index contributed by atoms with van der Waals surface area (Å²) in [5.41, 5.74) is 0.809. The van der Waals surface area contributed by atoms with E-state index in [1.807, 2.05) is 0 Å². The maximum absolute atomic E-state index is 12.5. The predicted molar refractivity (Wildman–Crippen MR) is 93.9 cm³/mol. The van der Waals surface area contributed by atoms with Gasteiger partial charge in [0.2, 0.25) is 0 Å². The number of aryl methyl sites for hydroxylation is 1. The van der Waals surface area contributed by atoms with Crippen molar-refractivity contribution in [2.24, 2.45) is 0 Å². The highest BCUT2D eigenvalue weighted by atomic mass is 16.5. The van der Waals surface area contributed by atoms with Gasteiger partial charge in [0, 0.05) is 24.8 Å². The lowest BCUT2D eigenvalue weighted by atomic mass is 10.2. The second kappa shape index (κ2) is 7.12. The Bertz CT molecular complexity index is 964. The lowest BCUT2D eigenvalue weighted by Crippen LogP contribution is -2.32. The van der Waals surface area contributed by atoms with Crippen LogP contribution < -0.4 is 15.6 Å². The average Bonchev–Trinajstić information content (AvgIpc) is 2.64. The van der Waals surface area contributed by atoms with E-state index in [4.69, 9.17) is 4.74 Å². The predicted octanol–water partition coefficient (Wildman–Crippen LogP) is 1.54. The lowest BCUT2D eigenvalue weighted by Gasteiger charge is -2.11. The van der Waals surface area contributed by atoms with E-state index in [1.54, 1.807) is 56.6 Å². The van der Waals surface area contributed by atoms with Gasteiger partial charge in [0.15, 0.2) is 5.65 Å². The van der Waals surface area contributed by atoms with Gasteiger partial charge in [-0.15, -0.1) is 0 Å². The van der Waals surface area contributed by atoms with Gasteiger partial charge >= 0.3 is 0 Å². The molecule has 0 radical (unpaired) electrons. The highest BCUT2D eigenvalue weighted by Gasteiger charge is 2.09. The number of hydrogen-bond acceptors (Lipinski definition) is 5. The third-order valence-corrected chi connectivity index (χ3v) is 3.89. The Kier molecular flexibility index (Phi) is 4.74. The maximum Gasteiger partial charge on any atom is 0.263 e. The number of nitrogens with one attached hydrogen (secondary N) is 1. The van der Waals surface area contributed by atoms with E-state index >= 15 is 0 Å². The number of ether oxygens (including phenoxy) is 1. The van der Waals surface area contributed by atoms with E-state index in [0.29, 0.717) is 41.3 Å². The number of carbonyl (C=O) groups excluding carboxylic acids is 1. The molecule has 25 heavy (non-hydrogen) atoms. The summed E-state index contributed by atoms with van der Waals surface area (Å²) >= 11 is 0. The summed E-state index contributed by atoms with van der Waals surface area (Å²) in [4.78, 5) is 33.1. The Morgan fingerprint density at radius 1 is 1.24 bits per heavy atom. The standard InChI is InChI=1S/C18H18N4O3/c1-12-21-16-15(4-3-9-19-16)18(24)22(12)11-10-20-17(23)13-5-7-14(25-2)8-6-13/h3-9H,10-11H2,1-2H3,(H,20,23). The van der Waals surface area contributed by atoms with Gasteiger partial charge in [-0.1, -0.05) is 0 Å². The Balaban J connectivity index is 1.70. The fourth-order valence-corrected chi connectivity index (χ4v) is 2.55. The molecular weight excluding hydrogens is 320 g/mol. The number of benzene rings is 1. The van der Waals surface area contributed by atoms with Gasteiger partial charge in [0.25, 0.3) is 11.5 Å². The number of aromatic nitrogens is 3. The Morgan fingerprint density at radius 3 is 2.72 bits per heavy atom. The third-order valence-electron chi connectivity index (χ3n) is 3.89. The molecule has 2 heterocycles. The first kappa shape index (κ1) is 16.6. The molecule has 0 aliphatic heterocycles. The Morgan fingerprint density at radius 2 is 2.00 bits per heavy atom. The zero-order chi connectivity index (χ0) is 17.8. The van der Waals surface area contributed by atoms with Crippen molar-refractivity contribution in [1.82, 2.24) is 19.9 Å². The zero-order valence-corrected chi connectivity index (χ0v) is 14.0. The summed E-state index contributed by atoms with van der Waals surface area (Å²) in [6, 6.07) is 10.2. The van der Waals surface area contributed by atoms with Gasteiger partial charge in [-0.3, -0.25) is 14.2 Å². The smallest absolute Gasteiger partial charge is 0.263 e. The molecule has 128 valence electrons. The molecule has 0 fully saturated rings. The number of nitrogens with zero attached hydrogens (tertiary/aromatic N) is 3. The van der Waals surface area contributed by atoms with Crippen molar-refractivity contribution in [3.8, 4) is 5.75 Å². The fourth-order valence-electron chi connectivity index (χ4n) is 2.55. The number of fused-ring (bicyclic) bond motifs is 1. The molecule has 1 aromatic carbocycles. The van der Waals surface area contributed by atoms with Crippen LogP contribution >= 0.6 is 0 Å². The molecule has 0 aliphatic rings. The van der Waals surface area contributed by atoms with Crippen LogP contribution in [-0.2, 0) is 6.54 Å². The van der Waals surface area contributed by atoms with E-state index in [-0.39, 0.29) is 11.5 Å². The highest BCUT2D eigenvalue weighted by molar-refractivity contribution is 5.94. The molecule has 2 aromatic heterocycles. The summed E-state index contributed by atoms with van der Waals surface area (Å²) in [5.74, 6) is 1.05. The van der Waals surface area contributed by atoms with Crippen molar-refractivity contribution in [1.29, 1.82) is 0 Å². The van der Waals surface area contributed by atoms with Crippen LogP contribution in [0.2, 0.25) is 0 Å². The Labute approximate surface area is 144 Å². The molecule has 0 spiro atoms. The van der Waals surface area contributed by atoms with Gasteiger partial charge in [0.1, 0.15) is 11.6 Å². The monoisotopic (exact) mass is 338 g/mol. The number of pyridine rings is 1. The molecule has 1 N–H and O–H groups in total. The van der Waals surface area contributed by atoms with Crippen LogP contribution in [0, 0.1) is 6.92 Å². The van der Waals surface area contributed by atoms with Gasteiger partial charge in [-0.25, -0.2) is 9.97 Å². The number of amides is 1. The minimum absolute atomic E-state index is 0.158. The van der Waals surface area contributed by atoms with Crippen LogP contribution in [0.4, 0.5) is 0 Å². The SMILES string of the molecule is COc1ccc(C(=O)NCCn2c(C)nc3ncccc3c2=O)cc1. The molecule has 0 saturated heterocycles. The van der Waals surface area contributed by atoms with Gasteiger partial charge in [0.05, 0.1) is 12.5 Å². The zero-order valence-electron chi connectivity index (χ0n) is 14.0. The lowest BCUT2D eigenvalue weighted by molar-refractivity contribution is 0.0952. The molecule has 0 saturated carbocycles. The summed E-state index contributed by atoms with van der Waals surface area (Å²) in [6.45, 7) is 2.41. The number of hydrogen-bond donors (Lipinski definition) is 1. The molecule has 1 amide bonds. The van der Waals surface area contributed by atoms with E-state index in [2.05, 4.69) is 15.3 Å². The summed E-state index contributed by atoms with van der Waals surface area (Å²) in [7, 11) is 1.57. The first-order chi connectivity index (χ1) is 12.1. The van der Waals surface area contributed by atoms with Crippen LogP contribution in [0.5, 0.6) is 5.75 Å². The molecule has 0 aliphatic carbocycles. The third kappa shape index (κ3) is 3.50. The second-order valence-electron chi connectivity index (χ2n) is 5.47. The first-order valence-corrected chi connectivity index (χ1v) is 7.84. The van der Waals surface area contributed by atoms with E-state index in [1.165, 1.54) is 4.57 Å². The maximum atomic E-state index is 12.5.